The van der Waals surface area contributed by atoms with Gasteiger partial charge >= 0.3 is 5.97 Å². The largest absolute Gasteiger partial charge is 0.496 e. The molecule has 1 amide bonds. The number of carbonyl (C=O) groups is 2. The molecule has 1 aliphatic rings. The average Bonchev–Trinajstić information content (AvgIpc) is 2.97. The van der Waals surface area contributed by atoms with Crippen LogP contribution in [0.1, 0.15) is 44.9 Å². The minimum atomic E-state index is -0.509. The van der Waals surface area contributed by atoms with E-state index in [1.807, 2.05) is 48.5 Å². The minimum Gasteiger partial charge on any atom is -0.496 e. The highest BCUT2D eigenvalue weighted by molar-refractivity contribution is 6.30. The maximum Gasteiger partial charge on any atom is 0.341 e. The predicted octanol–water partition coefficient (Wildman–Crippen LogP) is 6.88. The molecule has 0 saturated carbocycles. The first-order valence-corrected chi connectivity index (χ1v) is 12.9. The summed E-state index contributed by atoms with van der Waals surface area (Å²) < 4.78 is 16.9. The molecule has 5 rings (SSSR count). The van der Waals surface area contributed by atoms with Crippen molar-refractivity contribution >= 4 is 34.9 Å². The summed E-state index contributed by atoms with van der Waals surface area (Å²) in [5.74, 6) is 0.448. The number of ether oxygens (including phenoxy) is 3. The second kappa shape index (κ2) is 11.5. The fourth-order valence-corrected chi connectivity index (χ4v) is 4.69. The Kier molecular flexibility index (Phi) is 7.70. The quantitative estimate of drug-likeness (QED) is 0.245. The molecule has 1 atom stereocenters. The smallest absolute Gasteiger partial charge is 0.341 e. The van der Waals surface area contributed by atoms with Crippen molar-refractivity contribution < 1.29 is 23.8 Å². The lowest BCUT2D eigenvalue weighted by atomic mass is 10.0. The first-order valence-electron chi connectivity index (χ1n) is 12.5. The summed E-state index contributed by atoms with van der Waals surface area (Å²) >= 11 is 6.13. The number of nitrogens with one attached hydrogen (secondary N) is 1. The summed E-state index contributed by atoms with van der Waals surface area (Å²) in [4.78, 5) is 27.8. The van der Waals surface area contributed by atoms with Crippen LogP contribution in [0.3, 0.4) is 0 Å². The third-order valence-electron chi connectivity index (χ3n) is 6.42. The first kappa shape index (κ1) is 26.1. The van der Waals surface area contributed by atoms with E-state index in [0.717, 1.165) is 16.8 Å². The predicted molar refractivity (Wildman–Crippen MR) is 151 cm³/mol. The summed E-state index contributed by atoms with van der Waals surface area (Å²) in [5, 5.41) is 4.10. The Balaban J connectivity index is 1.50. The fourth-order valence-electron chi connectivity index (χ4n) is 4.56. The standard InChI is InChI=1S/C31H27ClN2O5/c1-3-38-31(36)25-9-5-7-11-28(25)39-19-21-18-20(12-17-27(21)37-2)29-33-26-10-6-4-8-24(26)30(35)34(29)23-15-13-22(32)14-16-23/h4-18,29,33H,3,19H2,1-2H3. The maximum absolute atomic E-state index is 13.7. The SMILES string of the molecule is CCOC(=O)c1ccccc1OCc1cc(C2Nc3ccccc3C(=O)N2c2ccc(Cl)cc2)ccc1OC. The van der Waals surface area contributed by atoms with Crippen molar-refractivity contribution in [2.75, 3.05) is 23.9 Å². The van der Waals surface area contributed by atoms with Crippen molar-refractivity contribution in [1.82, 2.24) is 0 Å². The maximum atomic E-state index is 13.7. The lowest BCUT2D eigenvalue weighted by molar-refractivity contribution is 0.0521. The van der Waals surface area contributed by atoms with Crippen molar-refractivity contribution in [3.8, 4) is 11.5 Å². The zero-order valence-corrected chi connectivity index (χ0v) is 22.3. The van der Waals surface area contributed by atoms with Crippen LogP contribution in [0, 0.1) is 0 Å². The van der Waals surface area contributed by atoms with Crippen LogP contribution >= 0.6 is 11.6 Å². The molecule has 0 spiro atoms. The molecule has 0 aromatic heterocycles. The van der Waals surface area contributed by atoms with Gasteiger partial charge in [-0.1, -0.05) is 41.9 Å². The molecule has 0 fully saturated rings. The van der Waals surface area contributed by atoms with E-state index >= 15 is 0 Å². The topological polar surface area (TPSA) is 77.1 Å². The highest BCUT2D eigenvalue weighted by Gasteiger charge is 2.34. The van der Waals surface area contributed by atoms with E-state index in [0.29, 0.717) is 33.3 Å². The van der Waals surface area contributed by atoms with Crippen LogP contribution < -0.4 is 19.7 Å². The minimum absolute atomic E-state index is 0.131. The molecular weight excluding hydrogens is 516 g/mol. The number of carbonyl (C=O) groups excluding carboxylic acids is 2. The molecule has 198 valence electrons. The number of rotatable bonds is 8. The second-order valence-electron chi connectivity index (χ2n) is 8.82. The number of esters is 1. The number of halogens is 1. The highest BCUT2D eigenvalue weighted by Crippen LogP contribution is 2.38. The van der Waals surface area contributed by atoms with Gasteiger partial charge in [-0.15, -0.1) is 0 Å². The zero-order valence-electron chi connectivity index (χ0n) is 21.5. The van der Waals surface area contributed by atoms with Crippen LogP contribution in [0.4, 0.5) is 11.4 Å². The molecule has 0 aliphatic carbocycles. The van der Waals surface area contributed by atoms with Gasteiger partial charge in [0.25, 0.3) is 5.91 Å². The van der Waals surface area contributed by atoms with E-state index in [4.69, 9.17) is 25.8 Å². The third kappa shape index (κ3) is 5.40. The first-order chi connectivity index (χ1) is 19.0. The number of anilines is 2. The summed E-state index contributed by atoms with van der Waals surface area (Å²) in [5.41, 5.74) is 3.95. The van der Waals surface area contributed by atoms with Crippen LogP contribution in [0.5, 0.6) is 11.5 Å². The molecule has 1 aliphatic heterocycles. The van der Waals surface area contributed by atoms with Crippen molar-refractivity contribution in [2.24, 2.45) is 0 Å². The monoisotopic (exact) mass is 542 g/mol. The van der Waals surface area contributed by atoms with Crippen molar-refractivity contribution in [3.63, 3.8) is 0 Å². The third-order valence-corrected chi connectivity index (χ3v) is 6.67. The van der Waals surface area contributed by atoms with Crippen LogP contribution in [-0.2, 0) is 11.3 Å². The van der Waals surface area contributed by atoms with Gasteiger partial charge in [-0.3, -0.25) is 9.69 Å². The molecule has 8 heteroatoms. The second-order valence-corrected chi connectivity index (χ2v) is 9.26. The molecule has 4 aromatic rings. The Morgan fingerprint density at radius 1 is 0.949 bits per heavy atom. The number of amides is 1. The lowest BCUT2D eigenvalue weighted by Gasteiger charge is -2.38. The van der Waals surface area contributed by atoms with Crippen LogP contribution in [0.2, 0.25) is 5.02 Å². The Bertz CT molecular complexity index is 1510. The highest BCUT2D eigenvalue weighted by atomic mass is 35.5. The van der Waals surface area contributed by atoms with Gasteiger partial charge in [0.15, 0.2) is 0 Å². The van der Waals surface area contributed by atoms with Crippen molar-refractivity contribution in [1.29, 1.82) is 0 Å². The fraction of sp³-hybridized carbons (Fsp3) is 0.161. The molecule has 1 heterocycles. The average molecular weight is 543 g/mol. The Hall–Kier alpha value is -4.49. The van der Waals surface area contributed by atoms with E-state index in [1.54, 1.807) is 61.4 Å². The molecule has 7 nitrogen and oxygen atoms in total. The number of methoxy groups -OCH3 is 1. The van der Waals surface area contributed by atoms with Gasteiger partial charge in [-0.05, 0) is 73.2 Å². The van der Waals surface area contributed by atoms with Crippen LogP contribution in [-0.4, -0.2) is 25.6 Å². The number of benzene rings is 4. The zero-order chi connectivity index (χ0) is 27.4. The Morgan fingerprint density at radius 2 is 1.69 bits per heavy atom. The van der Waals surface area contributed by atoms with E-state index in [9.17, 15) is 9.59 Å². The van der Waals surface area contributed by atoms with Gasteiger partial charge in [0.05, 0.1) is 19.3 Å². The van der Waals surface area contributed by atoms with Gasteiger partial charge in [0.1, 0.15) is 29.8 Å². The molecule has 1 unspecified atom stereocenters. The van der Waals surface area contributed by atoms with E-state index in [-0.39, 0.29) is 19.1 Å². The Labute approximate surface area is 231 Å². The number of nitrogens with zero attached hydrogens (tertiary/aromatic N) is 1. The summed E-state index contributed by atoms with van der Waals surface area (Å²) in [7, 11) is 1.59. The van der Waals surface area contributed by atoms with Crippen LogP contribution in [0.25, 0.3) is 0 Å². The van der Waals surface area contributed by atoms with Gasteiger partial charge in [-0.25, -0.2) is 4.79 Å². The summed E-state index contributed by atoms with van der Waals surface area (Å²) in [6.07, 6.45) is -0.509. The van der Waals surface area contributed by atoms with Gasteiger partial charge < -0.3 is 19.5 Å². The summed E-state index contributed by atoms with van der Waals surface area (Å²) in [6, 6.07) is 27.2. The molecular formula is C31H27ClN2O5. The van der Waals surface area contributed by atoms with Crippen molar-refractivity contribution in [3.05, 3.63) is 118 Å². The molecule has 39 heavy (non-hydrogen) atoms. The van der Waals surface area contributed by atoms with E-state index in [2.05, 4.69) is 5.32 Å². The molecule has 0 bridgehead atoms. The van der Waals surface area contributed by atoms with Crippen LogP contribution in [0.15, 0.2) is 91.0 Å². The number of hydrogen-bond acceptors (Lipinski definition) is 6. The molecule has 1 N–H and O–H groups in total. The van der Waals surface area contributed by atoms with Gasteiger partial charge in [0.2, 0.25) is 0 Å². The van der Waals surface area contributed by atoms with E-state index < -0.39 is 12.1 Å². The molecule has 4 aromatic carbocycles. The Morgan fingerprint density at radius 3 is 2.46 bits per heavy atom. The molecule has 0 radical (unpaired) electrons. The van der Waals surface area contributed by atoms with Gasteiger partial charge in [-0.2, -0.15) is 0 Å². The molecule has 0 saturated heterocycles. The lowest BCUT2D eigenvalue weighted by Crippen LogP contribution is -2.43. The van der Waals surface area contributed by atoms with E-state index in [1.165, 1.54) is 0 Å². The number of hydrogen-bond donors (Lipinski definition) is 1. The number of para-hydroxylation sites is 2. The normalized spacial score (nSPS) is 14.3. The van der Waals surface area contributed by atoms with Crippen molar-refractivity contribution in [2.45, 2.75) is 19.7 Å². The number of fused-ring (bicyclic) bond motifs is 1. The summed E-state index contributed by atoms with van der Waals surface area (Å²) in [6.45, 7) is 2.16. The van der Waals surface area contributed by atoms with Gasteiger partial charge in [0, 0.05) is 22.0 Å².